The van der Waals surface area contributed by atoms with Gasteiger partial charge in [-0.1, -0.05) is 18.2 Å². The van der Waals surface area contributed by atoms with Crippen LogP contribution in [0.15, 0.2) is 18.2 Å². The zero-order valence-electron chi connectivity index (χ0n) is 15.5. The SMILES string of the molecule is Cc1cccc(C)c1OCCCN(C)C(=O)[C@@H]1CC(=O)N(C2CC2)C1. The van der Waals surface area contributed by atoms with E-state index in [2.05, 4.69) is 0 Å². The fourth-order valence-corrected chi connectivity index (χ4v) is 3.56. The molecule has 0 radical (unpaired) electrons. The molecule has 0 bridgehead atoms. The van der Waals surface area contributed by atoms with Crippen LogP contribution in [0.3, 0.4) is 0 Å². The van der Waals surface area contributed by atoms with Crippen molar-refractivity contribution in [3.05, 3.63) is 29.3 Å². The van der Waals surface area contributed by atoms with Crippen molar-refractivity contribution in [2.75, 3.05) is 26.7 Å². The van der Waals surface area contributed by atoms with Gasteiger partial charge in [-0.05, 0) is 44.2 Å². The number of likely N-dealkylation sites (tertiary alicyclic amines) is 1. The van der Waals surface area contributed by atoms with E-state index in [4.69, 9.17) is 4.74 Å². The van der Waals surface area contributed by atoms with E-state index in [1.54, 1.807) is 4.90 Å². The molecule has 136 valence electrons. The Morgan fingerprint density at radius 2 is 1.96 bits per heavy atom. The van der Waals surface area contributed by atoms with Crippen LogP contribution >= 0.6 is 0 Å². The summed E-state index contributed by atoms with van der Waals surface area (Å²) in [5, 5.41) is 0. The quantitative estimate of drug-likeness (QED) is 0.714. The maximum atomic E-state index is 12.6. The average Bonchev–Trinajstić information content (AvgIpc) is 3.35. The second-order valence-electron chi connectivity index (χ2n) is 7.36. The third-order valence-electron chi connectivity index (χ3n) is 5.16. The summed E-state index contributed by atoms with van der Waals surface area (Å²) in [6.07, 6.45) is 3.35. The van der Waals surface area contributed by atoms with E-state index in [1.807, 2.05) is 44.0 Å². The van der Waals surface area contributed by atoms with Crippen molar-refractivity contribution < 1.29 is 14.3 Å². The molecule has 0 aromatic heterocycles. The smallest absolute Gasteiger partial charge is 0.227 e. The summed E-state index contributed by atoms with van der Waals surface area (Å²) in [5.74, 6) is 1.01. The van der Waals surface area contributed by atoms with Crippen molar-refractivity contribution in [3.63, 3.8) is 0 Å². The van der Waals surface area contributed by atoms with Crippen LogP contribution in [0, 0.1) is 19.8 Å². The Bertz CT molecular complexity index is 634. The van der Waals surface area contributed by atoms with Crippen LogP contribution in [0.2, 0.25) is 0 Å². The number of benzene rings is 1. The van der Waals surface area contributed by atoms with Crippen LogP contribution in [-0.4, -0.2) is 54.4 Å². The predicted molar refractivity (Wildman–Crippen MR) is 96.5 cm³/mol. The number of hydrogen-bond acceptors (Lipinski definition) is 3. The first-order valence-electron chi connectivity index (χ1n) is 9.21. The lowest BCUT2D eigenvalue weighted by Crippen LogP contribution is -2.36. The Balaban J connectivity index is 1.42. The molecule has 0 spiro atoms. The lowest BCUT2D eigenvalue weighted by atomic mass is 10.1. The minimum absolute atomic E-state index is 0.0866. The number of hydrogen-bond donors (Lipinski definition) is 0. The first-order valence-corrected chi connectivity index (χ1v) is 9.21. The summed E-state index contributed by atoms with van der Waals surface area (Å²) in [4.78, 5) is 28.2. The number of nitrogens with zero attached hydrogens (tertiary/aromatic N) is 2. The Labute approximate surface area is 149 Å². The highest BCUT2D eigenvalue weighted by atomic mass is 16.5. The topological polar surface area (TPSA) is 49.9 Å². The van der Waals surface area contributed by atoms with Gasteiger partial charge >= 0.3 is 0 Å². The van der Waals surface area contributed by atoms with Gasteiger partial charge in [0.25, 0.3) is 0 Å². The Hall–Kier alpha value is -2.04. The number of carbonyl (C=O) groups excluding carboxylic acids is 2. The fraction of sp³-hybridized carbons (Fsp3) is 0.600. The summed E-state index contributed by atoms with van der Waals surface area (Å²) < 4.78 is 5.90. The van der Waals surface area contributed by atoms with E-state index in [0.29, 0.717) is 32.2 Å². The van der Waals surface area contributed by atoms with Gasteiger partial charge < -0.3 is 14.5 Å². The van der Waals surface area contributed by atoms with Crippen molar-refractivity contribution in [1.82, 2.24) is 9.80 Å². The lowest BCUT2D eigenvalue weighted by Gasteiger charge is -2.21. The van der Waals surface area contributed by atoms with E-state index < -0.39 is 0 Å². The van der Waals surface area contributed by atoms with Gasteiger partial charge in [-0.2, -0.15) is 0 Å². The molecule has 5 nitrogen and oxygen atoms in total. The van der Waals surface area contributed by atoms with Gasteiger partial charge in [-0.25, -0.2) is 0 Å². The highest BCUT2D eigenvalue weighted by molar-refractivity contribution is 5.89. The second-order valence-corrected chi connectivity index (χ2v) is 7.36. The summed E-state index contributed by atoms with van der Waals surface area (Å²) in [6.45, 7) is 5.92. The van der Waals surface area contributed by atoms with Crippen LogP contribution in [-0.2, 0) is 9.59 Å². The van der Waals surface area contributed by atoms with E-state index in [9.17, 15) is 9.59 Å². The number of rotatable bonds is 7. The van der Waals surface area contributed by atoms with Crippen molar-refractivity contribution in [1.29, 1.82) is 0 Å². The molecule has 2 amide bonds. The lowest BCUT2D eigenvalue weighted by molar-refractivity contribution is -0.134. The second kappa shape index (κ2) is 7.46. The minimum Gasteiger partial charge on any atom is -0.493 e. The monoisotopic (exact) mass is 344 g/mol. The Morgan fingerprint density at radius 1 is 1.28 bits per heavy atom. The summed E-state index contributed by atoms with van der Waals surface area (Å²) in [7, 11) is 1.83. The molecule has 1 saturated carbocycles. The molecule has 1 saturated heterocycles. The van der Waals surface area contributed by atoms with Gasteiger partial charge in [0.1, 0.15) is 5.75 Å². The van der Waals surface area contributed by atoms with E-state index >= 15 is 0 Å². The Kier molecular flexibility index (Phi) is 5.30. The van der Waals surface area contributed by atoms with Crippen molar-refractivity contribution in [2.24, 2.45) is 5.92 Å². The van der Waals surface area contributed by atoms with Gasteiger partial charge in [0.15, 0.2) is 0 Å². The zero-order valence-corrected chi connectivity index (χ0v) is 15.5. The maximum absolute atomic E-state index is 12.6. The molecule has 1 atom stereocenters. The van der Waals surface area contributed by atoms with Gasteiger partial charge in [0.05, 0.1) is 12.5 Å². The van der Waals surface area contributed by atoms with Crippen LogP contribution < -0.4 is 4.74 Å². The summed E-state index contributed by atoms with van der Waals surface area (Å²) in [5.41, 5.74) is 2.27. The minimum atomic E-state index is -0.169. The zero-order chi connectivity index (χ0) is 18.0. The van der Waals surface area contributed by atoms with Crippen LogP contribution in [0.4, 0.5) is 0 Å². The summed E-state index contributed by atoms with van der Waals surface area (Å²) >= 11 is 0. The van der Waals surface area contributed by atoms with Crippen molar-refractivity contribution >= 4 is 11.8 Å². The molecule has 1 aliphatic carbocycles. The predicted octanol–water partition coefficient (Wildman–Crippen LogP) is 2.54. The standard InChI is InChI=1S/C20H28N2O3/c1-14-6-4-7-15(2)19(14)25-11-5-10-21(3)20(24)16-12-18(23)22(13-16)17-8-9-17/h4,6-7,16-17H,5,8-13H2,1-3H3/t16-/m1/s1. The molecule has 1 aromatic carbocycles. The highest BCUT2D eigenvalue weighted by Crippen LogP contribution is 2.33. The van der Waals surface area contributed by atoms with E-state index in [1.165, 1.54) is 0 Å². The van der Waals surface area contributed by atoms with Crippen molar-refractivity contribution in [2.45, 2.75) is 45.6 Å². The molecule has 0 unspecified atom stereocenters. The van der Waals surface area contributed by atoms with Gasteiger partial charge in [0.2, 0.25) is 11.8 Å². The number of amides is 2. The molecule has 1 aliphatic heterocycles. The highest BCUT2D eigenvalue weighted by Gasteiger charge is 2.42. The molecule has 2 aliphatic rings. The molecular formula is C20H28N2O3. The maximum Gasteiger partial charge on any atom is 0.227 e. The number of ether oxygens (including phenoxy) is 1. The van der Waals surface area contributed by atoms with E-state index in [-0.39, 0.29) is 17.7 Å². The van der Waals surface area contributed by atoms with Crippen molar-refractivity contribution in [3.8, 4) is 5.75 Å². The number of carbonyl (C=O) groups is 2. The normalized spacial score (nSPS) is 20.0. The third-order valence-corrected chi connectivity index (χ3v) is 5.16. The fourth-order valence-electron chi connectivity index (χ4n) is 3.56. The first-order chi connectivity index (χ1) is 12.0. The summed E-state index contributed by atoms with van der Waals surface area (Å²) in [6, 6.07) is 6.51. The molecular weight excluding hydrogens is 316 g/mol. The molecule has 0 N–H and O–H groups in total. The van der Waals surface area contributed by atoms with E-state index in [0.717, 1.165) is 36.1 Å². The molecule has 25 heavy (non-hydrogen) atoms. The third kappa shape index (κ3) is 4.14. The first kappa shape index (κ1) is 17.8. The molecule has 1 aromatic rings. The molecule has 5 heteroatoms. The molecule has 2 fully saturated rings. The largest absolute Gasteiger partial charge is 0.493 e. The van der Waals surface area contributed by atoms with Gasteiger partial charge in [-0.15, -0.1) is 0 Å². The number of para-hydroxylation sites is 1. The molecule has 3 rings (SSSR count). The molecule has 1 heterocycles. The van der Waals surface area contributed by atoms with Crippen LogP contribution in [0.25, 0.3) is 0 Å². The van der Waals surface area contributed by atoms with Crippen LogP contribution in [0.1, 0.15) is 36.8 Å². The number of aryl methyl sites for hydroxylation is 2. The Morgan fingerprint density at radius 3 is 2.60 bits per heavy atom. The van der Waals surface area contributed by atoms with Crippen LogP contribution in [0.5, 0.6) is 5.75 Å². The van der Waals surface area contributed by atoms with Gasteiger partial charge in [-0.3, -0.25) is 9.59 Å². The van der Waals surface area contributed by atoms with Gasteiger partial charge in [0, 0.05) is 32.6 Å². The average molecular weight is 344 g/mol.